The molecule has 0 unspecified atom stereocenters. The van der Waals surface area contributed by atoms with Gasteiger partial charge in [0.2, 0.25) is 11.5 Å². The second-order valence-corrected chi connectivity index (χ2v) is 7.55. The van der Waals surface area contributed by atoms with Crippen molar-refractivity contribution in [2.45, 2.75) is 32.1 Å². The van der Waals surface area contributed by atoms with Crippen molar-refractivity contribution in [1.82, 2.24) is 14.8 Å². The molecule has 0 atom stereocenters. The van der Waals surface area contributed by atoms with Gasteiger partial charge in [0.05, 0.1) is 5.56 Å². The van der Waals surface area contributed by atoms with Crippen LogP contribution in [0.5, 0.6) is 0 Å². The molecular formula is C21H25N3O3. The van der Waals surface area contributed by atoms with Crippen LogP contribution in [0.3, 0.4) is 0 Å². The Kier molecular flexibility index (Phi) is 4.97. The second-order valence-electron chi connectivity index (χ2n) is 7.55. The summed E-state index contributed by atoms with van der Waals surface area (Å²) in [5, 5.41) is 0.753. The van der Waals surface area contributed by atoms with Crippen molar-refractivity contribution in [3.8, 4) is 0 Å². The molecule has 27 heavy (non-hydrogen) atoms. The van der Waals surface area contributed by atoms with E-state index in [4.69, 9.17) is 0 Å². The molecule has 0 bridgehead atoms. The first-order chi connectivity index (χ1) is 13.1. The third kappa shape index (κ3) is 3.61. The molecule has 1 N–H and O–H groups in total. The maximum absolute atomic E-state index is 13.0. The number of para-hydroxylation sites is 1. The molecule has 2 heterocycles. The summed E-state index contributed by atoms with van der Waals surface area (Å²) in [5.41, 5.74) is 0.823. The Morgan fingerprint density at radius 3 is 2.33 bits per heavy atom. The zero-order valence-corrected chi connectivity index (χ0v) is 15.4. The zero-order valence-electron chi connectivity index (χ0n) is 15.4. The van der Waals surface area contributed by atoms with Crippen LogP contribution < -0.4 is 5.56 Å². The van der Waals surface area contributed by atoms with E-state index < -0.39 is 0 Å². The van der Waals surface area contributed by atoms with Crippen LogP contribution in [-0.2, 0) is 4.79 Å². The Bertz CT molecular complexity index is 906. The number of nitrogens with zero attached hydrogens (tertiary/aromatic N) is 2. The molecule has 2 aliphatic rings. The number of hydrogen-bond acceptors (Lipinski definition) is 3. The first kappa shape index (κ1) is 17.8. The second kappa shape index (κ2) is 7.55. The fraction of sp³-hybridized carbons (Fsp3) is 0.476. The van der Waals surface area contributed by atoms with Gasteiger partial charge in [-0.05, 0) is 18.9 Å². The molecule has 1 aliphatic carbocycles. The number of H-pyrrole nitrogens is 1. The third-order valence-electron chi connectivity index (χ3n) is 5.81. The van der Waals surface area contributed by atoms with Crippen LogP contribution in [0.15, 0.2) is 35.1 Å². The van der Waals surface area contributed by atoms with Crippen molar-refractivity contribution in [2.24, 2.45) is 5.92 Å². The molecular weight excluding hydrogens is 342 g/mol. The lowest BCUT2D eigenvalue weighted by Crippen LogP contribution is -2.52. The number of aromatic amines is 1. The van der Waals surface area contributed by atoms with Crippen LogP contribution in [-0.4, -0.2) is 52.8 Å². The number of benzene rings is 1. The first-order valence-corrected chi connectivity index (χ1v) is 9.83. The lowest BCUT2D eigenvalue weighted by Gasteiger charge is -2.37. The average molecular weight is 367 g/mol. The summed E-state index contributed by atoms with van der Waals surface area (Å²) < 4.78 is 0. The van der Waals surface area contributed by atoms with Gasteiger partial charge in [0, 0.05) is 49.1 Å². The lowest BCUT2D eigenvalue weighted by molar-refractivity contribution is -0.138. The summed E-state index contributed by atoms with van der Waals surface area (Å²) >= 11 is 0. The Balaban J connectivity index is 1.46. The summed E-state index contributed by atoms with van der Waals surface area (Å²) in [6, 6.07) is 8.72. The van der Waals surface area contributed by atoms with Crippen molar-refractivity contribution >= 4 is 22.7 Å². The minimum Gasteiger partial charge on any atom is -0.339 e. The number of piperazine rings is 1. The van der Waals surface area contributed by atoms with E-state index in [1.807, 2.05) is 23.1 Å². The summed E-state index contributed by atoms with van der Waals surface area (Å²) in [6.45, 7) is 2.17. The summed E-state index contributed by atoms with van der Waals surface area (Å²) in [6.07, 6.45) is 5.51. The van der Waals surface area contributed by atoms with Crippen LogP contribution in [0.25, 0.3) is 10.9 Å². The molecule has 0 radical (unpaired) electrons. The van der Waals surface area contributed by atoms with Gasteiger partial charge >= 0.3 is 0 Å². The molecule has 1 saturated carbocycles. The van der Waals surface area contributed by atoms with Crippen LogP contribution in [0.1, 0.15) is 42.5 Å². The summed E-state index contributed by atoms with van der Waals surface area (Å²) in [4.78, 5) is 44.1. The van der Waals surface area contributed by atoms with Gasteiger partial charge in [-0.2, -0.15) is 0 Å². The largest absolute Gasteiger partial charge is 0.339 e. The molecule has 2 aromatic rings. The minimum absolute atomic E-state index is 0.137. The van der Waals surface area contributed by atoms with Gasteiger partial charge < -0.3 is 14.8 Å². The number of carbonyl (C=O) groups is 2. The minimum atomic E-state index is -0.275. The van der Waals surface area contributed by atoms with E-state index >= 15 is 0 Å². The van der Waals surface area contributed by atoms with E-state index in [2.05, 4.69) is 4.98 Å². The van der Waals surface area contributed by atoms with Crippen molar-refractivity contribution in [2.75, 3.05) is 26.2 Å². The molecule has 6 nitrogen and oxygen atoms in total. The molecule has 2 amide bonds. The quantitative estimate of drug-likeness (QED) is 0.886. The third-order valence-corrected chi connectivity index (χ3v) is 5.81. The van der Waals surface area contributed by atoms with E-state index in [9.17, 15) is 14.4 Å². The van der Waals surface area contributed by atoms with Crippen molar-refractivity contribution in [3.63, 3.8) is 0 Å². The van der Waals surface area contributed by atoms with E-state index in [0.29, 0.717) is 37.3 Å². The van der Waals surface area contributed by atoms with Crippen LogP contribution >= 0.6 is 0 Å². The van der Waals surface area contributed by atoms with Crippen molar-refractivity contribution in [1.29, 1.82) is 0 Å². The number of carbonyl (C=O) groups excluding carboxylic acids is 2. The highest BCUT2D eigenvalue weighted by molar-refractivity contribution is 6.06. The van der Waals surface area contributed by atoms with Crippen LogP contribution in [0, 0.1) is 5.92 Å². The van der Waals surface area contributed by atoms with Gasteiger partial charge in [-0.1, -0.05) is 37.5 Å². The van der Waals surface area contributed by atoms with E-state index in [1.54, 1.807) is 11.0 Å². The molecule has 1 aromatic heterocycles. The van der Waals surface area contributed by atoms with Gasteiger partial charge in [-0.15, -0.1) is 0 Å². The normalized spacial score (nSPS) is 18.7. The molecule has 1 aromatic carbocycles. The molecule has 1 saturated heterocycles. The van der Waals surface area contributed by atoms with E-state index in [-0.39, 0.29) is 23.3 Å². The first-order valence-electron chi connectivity index (χ1n) is 9.83. The molecule has 6 heteroatoms. The van der Waals surface area contributed by atoms with E-state index in [0.717, 1.165) is 31.1 Å². The molecule has 2 fully saturated rings. The smallest absolute Gasteiger partial charge is 0.254 e. The monoisotopic (exact) mass is 367 g/mol. The highest BCUT2D eigenvalue weighted by Gasteiger charge is 2.30. The molecule has 1 aliphatic heterocycles. The van der Waals surface area contributed by atoms with Gasteiger partial charge in [-0.25, -0.2) is 0 Å². The number of hydrogen-bond donors (Lipinski definition) is 1. The lowest BCUT2D eigenvalue weighted by atomic mass is 9.88. The number of pyridine rings is 1. The Morgan fingerprint density at radius 2 is 1.59 bits per heavy atom. The topological polar surface area (TPSA) is 73.5 Å². The predicted molar refractivity (Wildman–Crippen MR) is 104 cm³/mol. The highest BCUT2D eigenvalue weighted by Crippen LogP contribution is 2.26. The number of amides is 2. The van der Waals surface area contributed by atoms with Crippen LogP contribution in [0.4, 0.5) is 0 Å². The van der Waals surface area contributed by atoms with Gasteiger partial charge in [-0.3, -0.25) is 14.4 Å². The Labute approximate surface area is 158 Å². The number of rotatable bonds is 2. The average Bonchev–Trinajstić information content (AvgIpc) is 2.73. The van der Waals surface area contributed by atoms with E-state index in [1.165, 1.54) is 12.5 Å². The van der Waals surface area contributed by atoms with Crippen molar-refractivity contribution in [3.05, 3.63) is 46.2 Å². The number of fused-ring (bicyclic) bond motifs is 1. The molecule has 142 valence electrons. The summed E-state index contributed by atoms with van der Waals surface area (Å²) in [7, 11) is 0. The number of aromatic nitrogens is 1. The van der Waals surface area contributed by atoms with Crippen LogP contribution in [0.2, 0.25) is 0 Å². The fourth-order valence-corrected chi connectivity index (χ4v) is 4.29. The Hall–Kier alpha value is -2.63. The zero-order chi connectivity index (χ0) is 18.8. The van der Waals surface area contributed by atoms with Gasteiger partial charge in [0.25, 0.3) is 5.91 Å². The van der Waals surface area contributed by atoms with Crippen molar-refractivity contribution < 1.29 is 9.59 Å². The molecule has 0 spiro atoms. The van der Waals surface area contributed by atoms with Gasteiger partial charge in [0.15, 0.2) is 0 Å². The maximum atomic E-state index is 13.0. The SMILES string of the molecule is O=C(c1cc(=O)[nH]c2ccccc12)N1CCN(C(=O)C2CCCCC2)CC1. The highest BCUT2D eigenvalue weighted by atomic mass is 16.2. The Morgan fingerprint density at radius 1 is 0.926 bits per heavy atom. The molecule has 4 rings (SSSR count). The standard InChI is InChI=1S/C21H25N3O3/c25-19-14-17(16-8-4-5-9-18(16)22-19)21(27)24-12-10-23(11-13-24)20(26)15-6-2-1-3-7-15/h4-5,8-9,14-15H,1-3,6-7,10-13H2,(H,22,25). The fourth-order valence-electron chi connectivity index (χ4n) is 4.29. The maximum Gasteiger partial charge on any atom is 0.254 e. The summed E-state index contributed by atoms with van der Waals surface area (Å²) in [5.74, 6) is 0.281. The van der Waals surface area contributed by atoms with Gasteiger partial charge in [0.1, 0.15) is 0 Å². The predicted octanol–water partition coefficient (Wildman–Crippen LogP) is 2.39. The number of nitrogens with one attached hydrogen (secondary N) is 1.